The molecule has 0 radical (unpaired) electrons. The first-order valence-electron chi connectivity index (χ1n) is 12.8. The molecule has 0 aromatic carbocycles. The monoisotopic (exact) mass is 518 g/mol. The van der Waals surface area contributed by atoms with E-state index < -0.39 is 0 Å². The van der Waals surface area contributed by atoms with Crippen LogP contribution >= 0.6 is 11.3 Å². The molecule has 2 aliphatic heterocycles. The molecule has 10 nitrogen and oxygen atoms in total. The Morgan fingerprint density at radius 1 is 1.16 bits per heavy atom. The zero-order valence-electron chi connectivity index (χ0n) is 21.0. The molecular weight excluding hydrogens is 488 g/mol. The van der Waals surface area contributed by atoms with Gasteiger partial charge in [-0.05, 0) is 44.7 Å². The molecule has 0 aliphatic carbocycles. The summed E-state index contributed by atoms with van der Waals surface area (Å²) in [6, 6.07) is 1.68. The Labute approximate surface area is 218 Å². The van der Waals surface area contributed by atoms with Gasteiger partial charge in [0.05, 0.1) is 39.8 Å². The number of hydrogen-bond donors (Lipinski definition) is 2. The number of amides is 2. The minimum atomic E-state index is -0.283. The molecular formula is C26H30N8O2S. The molecule has 11 heteroatoms. The zero-order valence-corrected chi connectivity index (χ0v) is 21.8. The summed E-state index contributed by atoms with van der Waals surface area (Å²) in [7, 11) is 0. The second-order valence-electron chi connectivity index (χ2n) is 10.00. The van der Waals surface area contributed by atoms with E-state index in [1.165, 1.54) is 23.5 Å². The van der Waals surface area contributed by atoms with Crippen molar-refractivity contribution in [3.63, 3.8) is 0 Å². The molecule has 6 rings (SSSR count). The second kappa shape index (κ2) is 9.71. The normalized spacial score (nSPS) is 17.4. The van der Waals surface area contributed by atoms with Crippen molar-refractivity contribution in [3.8, 4) is 10.4 Å². The first kappa shape index (κ1) is 23.8. The molecule has 2 N–H and O–H groups in total. The van der Waals surface area contributed by atoms with E-state index in [1.807, 2.05) is 19.3 Å². The lowest BCUT2D eigenvalue weighted by Crippen LogP contribution is -2.34. The summed E-state index contributed by atoms with van der Waals surface area (Å²) in [5, 5.41) is 14.8. The van der Waals surface area contributed by atoms with E-state index in [0.29, 0.717) is 35.0 Å². The van der Waals surface area contributed by atoms with Crippen LogP contribution in [0.25, 0.3) is 15.3 Å². The van der Waals surface area contributed by atoms with Gasteiger partial charge in [0.1, 0.15) is 4.83 Å². The summed E-state index contributed by atoms with van der Waals surface area (Å²) < 4.78 is 3.79. The standard InChI is InChI=1S/C26H30N8O2S/c1-16-5-8-32(14-16)9-6-27-24(35)18-10-21(17(2)28-11-18)31-25(36)20-13-30-34-15-23(37-26(20)34)19-12-29-33-7-3-4-22(19)33/h10-13,15-16H,3-9,14H2,1-2H3,(H,27,35)(H,31,36)/t16-/m0/s1. The lowest BCUT2D eigenvalue weighted by atomic mass is 10.2. The van der Waals surface area contributed by atoms with Gasteiger partial charge in [0.2, 0.25) is 0 Å². The summed E-state index contributed by atoms with van der Waals surface area (Å²) in [6.45, 7) is 8.59. The summed E-state index contributed by atoms with van der Waals surface area (Å²) in [5.41, 5.74) is 4.40. The number of anilines is 1. The third-order valence-corrected chi connectivity index (χ3v) is 8.40. The fraction of sp³-hybridized carbons (Fsp3) is 0.423. The Kier molecular flexibility index (Phi) is 6.25. The summed E-state index contributed by atoms with van der Waals surface area (Å²) in [5.74, 6) is 0.238. The third-order valence-electron chi connectivity index (χ3n) is 7.26. The molecule has 0 unspecified atom stereocenters. The van der Waals surface area contributed by atoms with Crippen LogP contribution in [0.3, 0.4) is 0 Å². The van der Waals surface area contributed by atoms with Crippen LogP contribution in [-0.4, -0.2) is 67.3 Å². The van der Waals surface area contributed by atoms with Gasteiger partial charge in [-0.1, -0.05) is 6.92 Å². The molecule has 0 bridgehead atoms. The number of pyridine rings is 1. The Morgan fingerprint density at radius 2 is 2.05 bits per heavy atom. The summed E-state index contributed by atoms with van der Waals surface area (Å²) >= 11 is 1.53. The number of aromatic nitrogens is 5. The van der Waals surface area contributed by atoms with Crippen LogP contribution in [0.1, 0.15) is 51.9 Å². The number of carbonyl (C=O) groups is 2. The largest absolute Gasteiger partial charge is 0.351 e. The first-order valence-corrected chi connectivity index (χ1v) is 13.6. The van der Waals surface area contributed by atoms with Gasteiger partial charge >= 0.3 is 0 Å². The molecule has 1 saturated heterocycles. The van der Waals surface area contributed by atoms with Crippen molar-refractivity contribution in [2.45, 2.75) is 39.7 Å². The maximum absolute atomic E-state index is 13.2. The maximum atomic E-state index is 13.2. The summed E-state index contributed by atoms with van der Waals surface area (Å²) in [4.78, 5) is 34.5. The van der Waals surface area contributed by atoms with Crippen molar-refractivity contribution >= 4 is 33.7 Å². The van der Waals surface area contributed by atoms with Gasteiger partial charge in [0.15, 0.2) is 0 Å². The number of thiazole rings is 1. The van der Waals surface area contributed by atoms with Crippen LogP contribution < -0.4 is 10.6 Å². The van der Waals surface area contributed by atoms with Crippen molar-refractivity contribution < 1.29 is 9.59 Å². The summed E-state index contributed by atoms with van der Waals surface area (Å²) in [6.07, 6.45) is 10.3. The van der Waals surface area contributed by atoms with E-state index in [-0.39, 0.29) is 11.8 Å². The Hall–Kier alpha value is -3.57. The van der Waals surface area contributed by atoms with Crippen LogP contribution in [0.4, 0.5) is 5.69 Å². The lowest BCUT2D eigenvalue weighted by molar-refractivity contribution is 0.0948. The number of hydrogen-bond acceptors (Lipinski definition) is 7. The van der Waals surface area contributed by atoms with E-state index in [2.05, 4.69) is 42.3 Å². The number of nitrogens with zero attached hydrogens (tertiary/aromatic N) is 6. The topological polar surface area (TPSA) is 109 Å². The van der Waals surface area contributed by atoms with E-state index in [4.69, 9.17) is 0 Å². The van der Waals surface area contributed by atoms with Gasteiger partial charge in [-0.15, -0.1) is 11.3 Å². The fourth-order valence-corrected chi connectivity index (χ4v) is 6.26. The zero-order chi connectivity index (χ0) is 25.5. The number of likely N-dealkylation sites (tertiary alicyclic amines) is 1. The van der Waals surface area contributed by atoms with E-state index in [1.54, 1.807) is 23.0 Å². The molecule has 1 fully saturated rings. The smallest absolute Gasteiger partial charge is 0.260 e. The molecule has 2 amide bonds. The van der Waals surface area contributed by atoms with Crippen molar-refractivity contribution in [2.75, 3.05) is 31.5 Å². The van der Waals surface area contributed by atoms with Gasteiger partial charge in [0.25, 0.3) is 11.8 Å². The molecule has 1 atom stereocenters. The van der Waals surface area contributed by atoms with Crippen LogP contribution in [0, 0.1) is 12.8 Å². The Morgan fingerprint density at radius 3 is 2.89 bits per heavy atom. The molecule has 6 heterocycles. The third kappa shape index (κ3) is 4.64. The van der Waals surface area contributed by atoms with Gasteiger partial charge < -0.3 is 15.5 Å². The number of nitrogens with one attached hydrogen (secondary N) is 2. The molecule has 0 saturated carbocycles. The van der Waals surface area contributed by atoms with Gasteiger partial charge in [-0.2, -0.15) is 10.2 Å². The van der Waals surface area contributed by atoms with Crippen molar-refractivity contribution in [1.82, 2.24) is 34.6 Å². The molecule has 4 aromatic heterocycles. The highest BCUT2D eigenvalue weighted by Gasteiger charge is 2.22. The Balaban J connectivity index is 1.15. The fourth-order valence-electron chi connectivity index (χ4n) is 5.17. The maximum Gasteiger partial charge on any atom is 0.260 e. The SMILES string of the molecule is Cc1ncc(C(=O)NCCN2CC[C@H](C)C2)cc1NC(=O)c1cnn2cc(-c3cnn4c3CCC4)sc12. The van der Waals surface area contributed by atoms with Crippen molar-refractivity contribution in [1.29, 1.82) is 0 Å². The van der Waals surface area contributed by atoms with Gasteiger partial charge in [-0.25, -0.2) is 4.52 Å². The minimum Gasteiger partial charge on any atom is -0.351 e. The van der Waals surface area contributed by atoms with Crippen LogP contribution in [0.2, 0.25) is 0 Å². The molecule has 192 valence electrons. The highest BCUT2D eigenvalue weighted by molar-refractivity contribution is 7.21. The van der Waals surface area contributed by atoms with Crippen molar-refractivity contribution in [3.05, 3.63) is 53.4 Å². The predicted molar refractivity (Wildman–Crippen MR) is 142 cm³/mol. The van der Waals surface area contributed by atoms with E-state index in [9.17, 15) is 9.59 Å². The lowest BCUT2D eigenvalue weighted by Gasteiger charge is -2.15. The molecule has 0 spiro atoms. The predicted octanol–water partition coefficient (Wildman–Crippen LogP) is 3.23. The van der Waals surface area contributed by atoms with Crippen LogP contribution in [-0.2, 0) is 13.0 Å². The van der Waals surface area contributed by atoms with Gasteiger partial charge in [0, 0.05) is 49.8 Å². The highest BCUT2D eigenvalue weighted by atomic mass is 32.1. The van der Waals surface area contributed by atoms with Crippen molar-refractivity contribution in [2.24, 2.45) is 5.92 Å². The number of fused-ring (bicyclic) bond motifs is 2. The van der Waals surface area contributed by atoms with Crippen LogP contribution in [0.5, 0.6) is 0 Å². The van der Waals surface area contributed by atoms with Crippen LogP contribution in [0.15, 0.2) is 30.9 Å². The number of rotatable bonds is 7. The average Bonchev–Trinajstić information content (AvgIpc) is 3.67. The second-order valence-corrected chi connectivity index (χ2v) is 11.0. The van der Waals surface area contributed by atoms with Gasteiger partial charge in [-0.3, -0.25) is 19.3 Å². The van der Waals surface area contributed by atoms with E-state index in [0.717, 1.165) is 54.3 Å². The molecule has 2 aliphatic rings. The number of aryl methyl sites for hydroxylation is 2. The van der Waals surface area contributed by atoms with E-state index >= 15 is 0 Å². The minimum absolute atomic E-state index is 0.195. The molecule has 37 heavy (non-hydrogen) atoms. The average molecular weight is 519 g/mol. The number of carbonyl (C=O) groups excluding carboxylic acids is 2. The molecule has 4 aromatic rings. The highest BCUT2D eigenvalue weighted by Crippen LogP contribution is 2.35. The first-order chi connectivity index (χ1) is 18.0. The Bertz CT molecular complexity index is 1490. The quantitative estimate of drug-likeness (QED) is 0.389.